The molecule has 0 aliphatic rings. The first kappa shape index (κ1) is 10.7. The summed E-state index contributed by atoms with van der Waals surface area (Å²) in [5.41, 5.74) is -1.64. The summed E-state index contributed by atoms with van der Waals surface area (Å²) in [4.78, 5) is 13.5. The van der Waals surface area contributed by atoms with Crippen molar-refractivity contribution in [3.63, 3.8) is 0 Å². The van der Waals surface area contributed by atoms with Crippen LogP contribution in [0.25, 0.3) is 11.0 Å². The highest BCUT2D eigenvalue weighted by Gasteiger charge is 2.34. The van der Waals surface area contributed by atoms with Gasteiger partial charge in [-0.05, 0) is 6.92 Å². The molecular weight excluding hydrogens is 223 g/mol. The van der Waals surface area contributed by atoms with E-state index >= 15 is 0 Å². The smallest absolute Gasteiger partial charge is 0.307 e. The first-order chi connectivity index (χ1) is 7.43. The molecule has 1 N–H and O–H groups in total. The molecule has 16 heavy (non-hydrogen) atoms. The van der Waals surface area contributed by atoms with Crippen LogP contribution in [0.1, 0.15) is 12.5 Å². The standard InChI is InChI=1S/C9H8F3N3O/c1-2-15-8-5(4-13-15)6(9(10,11)12)3-7(16)14-8/h3-4H,2H2,1H3,(H,14,16). The molecule has 2 aromatic heterocycles. The molecule has 0 saturated carbocycles. The summed E-state index contributed by atoms with van der Waals surface area (Å²) >= 11 is 0. The fourth-order valence-corrected chi connectivity index (χ4v) is 1.55. The van der Waals surface area contributed by atoms with Gasteiger partial charge in [-0.15, -0.1) is 0 Å². The zero-order chi connectivity index (χ0) is 11.9. The quantitative estimate of drug-likeness (QED) is 0.813. The van der Waals surface area contributed by atoms with Crippen LogP contribution in [0.3, 0.4) is 0 Å². The number of nitrogens with zero attached hydrogens (tertiary/aromatic N) is 2. The average Bonchev–Trinajstić information content (AvgIpc) is 2.57. The van der Waals surface area contributed by atoms with E-state index in [0.717, 1.165) is 6.20 Å². The Morgan fingerprint density at radius 1 is 1.50 bits per heavy atom. The molecule has 7 heteroatoms. The van der Waals surface area contributed by atoms with Crippen molar-refractivity contribution in [2.45, 2.75) is 19.6 Å². The normalized spacial score (nSPS) is 12.2. The maximum absolute atomic E-state index is 12.6. The molecule has 0 amide bonds. The number of H-pyrrole nitrogens is 1. The molecule has 4 nitrogen and oxygen atoms in total. The Kier molecular flexibility index (Phi) is 2.25. The fraction of sp³-hybridized carbons (Fsp3) is 0.333. The van der Waals surface area contributed by atoms with Gasteiger partial charge in [0.25, 0.3) is 0 Å². The monoisotopic (exact) mass is 231 g/mol. The first-order valence-electron chi connectivity index (χ1n) is 4.59. The maximum Gasteiger partial charge on any atom is 0.417 e. The van der Waals surface area contributed by atoms with Crippen molar-refractivity contribution >= 4 is 11.0 Å². The van der Waals surface area contributed by atoms with Crippen LogP contribution >= 0.6 is 0 Å². The van der Waals surface area contributed by atoms with Crippen LogP contribution in [0.5, 0.6) is 0 Å². The molecule has 0 atom stereocenters. The summed E-state index contributed by atoms with van der Waals surface area (Å²) in [5.74, 6) is 0. The Balaban J connectivity index is 2.85. The average molecular weight is 231 g/mol. The van der Waals surface area contributed by atoms with Gasteiger partial charge in [-0.25, -0.2) is 4.68 Å². The van der Waals surface area contributed by atoms with Gasteiger partial charge < -0.3 is 4.98 Å². The second-order valence-corrected chi connectivity index (χ2v) is 3.27. The van der Waals surface area contributed by atoms with E-state index in [1.807, 2.05) is 0 Å². The zero-order valence-corrected chi connectivity index (χ0v) is 8.30. The third kappa shape index (κ3) is 1.58. The third-order valence-electron chi connectivity index (χ3n) is 2.25. The van der Waals surface area contributed by atoms with E-state index in [1.165, 1.54) is 4.68 Å². The van der Waals surface area contributed by atoms with Crippen molar-refractivity contribution in [3.8, 4) is 0 Å². The molecule has 86 valence electrons. The van der Waals surface area contributed by atoms with Crippen molar-refractivity contribution < 1.29 is 13.2 Å². The van der Waals surface area contributed by atoms with Crippen molar-refractivity contribution in [2.24, 2.45) is 0 Å². The molecule has 0 saturated heterocycles. The number of hydrogen-bond donors (Lipinski definition) is 1. The van der Waals surface area contributed by atoms with E-state index in [2.05, 4.69) is 10.1 Å². The summed E-state index contributed by atoms with van der Waals surface area (Å²) in [6, 6.07) is 0.546. The van der Waals surface area contributed by atoms with Crippen LogP contribution in [0.15, 0.2) is 17.1 Å². The van der Waals surface area contributed by atoms with E-state index < -0.39 is 17.3 Å². The molecular formula is C9H8F3N3O. The number of fused-ring (bicyclic) bond motifs is 1. The number of aryl methyl sites for hydroxylation is 1. The van der Waals surface area contributed by atoms with Gasteiger partial charge in [-0.2, -0.15) is 18.3 Å². The summed E-state index contributed by atoms with van der Waals surface area (Å²) in [6.07, 6.45) is -3.44. The molecule has 0 spiro atoms. The van der Waals surface area contributed by atoms with Crippen LogP contribution in [0.2, 0.25) is 0 Å². The second-order valence-electron chi connectivity index (χ2n) is 3.27. The van der Waals surface area contributed by atoms with E-state index in [0.29, 0.717) is 12.6 Å². The highest BCUT2D eigenvalue weighted by Crippen LogP contribution is 2.32. The SMILES string of the molecule is CCn1ncc2c(C(F)(F)F)cc(=O)[nH]c21. The minimum Gasteiger partial charge on any atom is -0.307 e. The van der Waals surface area contributed by atoms with Gasteiger partial charge in [0.2, 0.25) is 5.56 Å². The molecule has 0 radical (unpaired) electrons. The van der Waals surface area contributed by atoms with Gasteiger partial charge in [-0.3, -0.25) is 4.79 Å². The maximum atomic E-state index is 12.6. The lowest BCUT2D eigenvalue weighted by atomic mass is 10.2. The highest BCUT2D eigenvalue weighted by molar-refractivity contribution is 5.78. The van der Waals surface area contributed by atoms with E-state index in [-0.39, 0.29) is 11.0 Å². The predicted molar refractivity (Wildman–Crippen MR) is 51.0 cm³/mol. The fourth-order valence-electron chi connectivity index (χ4n) is 1.55. The molecule has 2 heterocycles. The Labute approximate surface area is 87.7 Å². The number of aromatic amines is 1. The number of aromatic nitrogens is 3. The summed E-state index contributed by atoms with van der Waals surface area (Å²) in [5, 5.41) is 3.69. The predicted octanol–water partition coefficient (Wildman–Crippen LogP) is 1.76. The van der Waals surface area contributed by atoms with E-state index in [9.17, 15) is 18.0 Å². The van der Waals surface area contributed by atoms with Crippen LogP contribution in [-0.2, 0) is 12.7 Å². The number of pyridine rings is 1. The lowest BCUT2D eigenvalue weighted by molar-refractivity contribution is -0.136. The van der Waals surface area contributed by atoms with Gasteiger partial charge in [0.1, 0.15) is 5.65 Å². The minimum absolute atomic E-state index is 0.0889. The molecule has 2 aromatic rings. The van der Waals surface area contributed by atoms with Gasteiger partial charge in [0, 0.05) is 18.0 Å². The highest BCUT2D eigenvalue weighted by atomic mass is 19.4. The van der Waals surface area contributed by atoms with Crippen molar-refractivity contribution in [1.82, 2.24) is 14.8 Å². The van der Waals surface area contributed by atoms with Crippen LogP contribution in [0.4, 0.5) is 13.2 Å². The number of alkyl halides is 3. The first-order valence-corrected chi connectivity index (χ1v) is 4.59. The number of halogens is 3. The number of nitrogens with one attached hydrogen (secondary N) is 1. The van der Waals surface area contributed by atoms with Gasteiger partial charge in [-0.1, -0.05) is 0 Å². The topological polar surface area (TPSA) is 50.7 Å². The molecule has 0 aliphatic carbocycles. The lowest BCUT2D eigenvalue weighted by Crippen LogP contribution is -2.14. The van der Waals surface area contributed by atoms with Crippen LogP contribution in [0, 0.1) is 0 Å². The molecule has 0 fully saturated rings. The Bertz CT molecular complexity index is 582. The Morgan fingerprint density at radius 2 is 2.19 bits per heavy atom. The second kappa shape index (κ2) is 3.36. The Morgan fingerprint density at radius 3 is 2.75 bits per heavy atom. The summed E-state index contributed by atoms with van der Waals surface area (Å²) < 4.78 is 39.2. The van der Waals surface area contributed by atoms with E-state index in [1.54, 1.807) is 6.92 Å². The van der Waals surface area contributed by atoms with E-state index in [4.69, 9.17) is 0 Å². The van der Waals surface area contributed by atoms with Gasteiger partial charge in [0.15, 0.2) is 0 Å². The summed E-state index contributed by atoms with van der Waals surface area (Å²) in [6.45, 7) is 2.12. The molecule has 0 aromatic carbocycles. The Hall–Kier alpha value is -1.79. The van der Waals surface area contributed by atoms with Crippen LogP contribution < -0.4 is 5.56 Å². The molecule has 2 rings (SSSR count). The summed E-state index contributed by atoms with van der Waals surface area (Å²) in [7, 11) is 0. The van der Waals surface area contributed by atoms with Gasteiger partial charge >= 0.3 is 6.18 Å². The van der Waals surface area contributed by atoms with Crippen molar-refractivity contribution in [1.29, 1.82) is 0 Å². The lowest BCUT2D eigenvalue weighted by Gasteiger charge is -2.07. The zero-order valence-electron chi connectivity index (χ0n) is 8.30. The largest absolute Gasteiger partial charge is 0.417 e. The number of rotatable bonds is 1. The third-order valence-corrected chi connectivity index (χ3v) is 2.25. The molecule has 0 bridgehead atoms. The van der Waals surface area contributed by atoms with Crippen LogP contribution in [-0.4, -0.2) is 14.8 Å². The van der Waals surface area contributed by atoms with Gasteiger partial charge in [0.05, 0.1) is 11.8 Å². The number of hydrogen-bond acceptors (Lipinski definition) is 2. The molecule has 0 aliphatic heterocycles. The minimum atomic E-state index is -4.55. The van der Waals surface area contributed by atoms with Crippen molar-refractivity contribution in [3.05, 3.63) is 28.2 Å². The molecule has 0 unspecified atom stereocenters. The van der Waals surface area contributed by atoms with Crippen molar-refractivity contribution in [2.75, 3.05) is 0 Å².